The van der Waals surface area contributed by atoms with E-state index in [0.29, 0.717) is 0 Å². The minimum absolute atomic E-state index is 0.392. The first-order valence-electron chi connectivity index (χ1n) is 18.9. The van der Waals surface area contributed by atoms with Crippen molar-refractivity contribution in [3.63, 3.8) is 0 Å². The first kappa shape index (κ1) is 29.2. The molecular formula is C51H30N4. The van der Waals surface area contributed by atoms with Crippen LogP contribution in [0.3, 0.4) is 0 Å². The van der Waals surface area contributed by atoms with Crippen molar-refractivity contribution in [2.24, 2.45) is 0 Å². The molecular weight excluding hydrogens is 669 g/mol. The topological polar surface area (TPSA) is 35.1 Å². The van der Waals surface area contributed by atoms with E-state index in [0.717, 1.165) is 44.6 Å². The molecule has 0 aliphatic heterocycles. The molecule has 3 aromatic heterocycles. The Bertz CT molecular complexity index is 3410. The lowest BCUT2D eigenvalue weighted by atomic mass is 9.70. The van der Waals surface area contributed by atoms with Crippen LogP contribution in [0.2, 0.25) is 0 Å². The smallest absolute Gasteiger partial charge is 0.221 e. The van der Waals surface area contributed by atoms with Gasteiger partial charge in [-0.2, -0.15) is 0 Å². The summed E-state index contributed by atoms with van der Waals surface area (Å²) in [6, 6.07) is 66.5. The van der Waals surface area contributed by atoms with Gasteiger partial charge in [-0.1, -0.05) is 146 Å². The maximum Gasteiger partial charge on any atom is 0.221 e. The van der Waals surface area contributed by atoms with Crippen LogP contribution >= 0.6 is 0 Å². The van der Waals surface area contributed by atoms with Crippen LogP contribution in [0.5, 0.6) is 0 Å². The zero-order valence-corrected chi connectivity index (χ0v) is 29.6. The normalized spacial score (nSPS) is 13.6. The summed E-state index contributed by atoms with van der Waals surface area (Å²) in [5, 5.41) is 3.42. The lowest BCUT2D eigenvalue weighted by molar-refractivity contribution is 0.794. The molecule has 13 rings (SSSR count). The van der Waals surface area contributed by atoms with Crippen molar-refractivity contribution in [1.82, 2.24) is 18.9 Å². The molecule has 0 saturated carbocycles. The summed E-state index contributed by atoms with van der Waals surface area (Å²) in [6.07, 6.45) is 0. The van der Waals surface area contributed by atoms with Gasteiger partial charge in [0.15, 0.2) is 0 Å². The zero-order chi connectivity index (χ0) is 35.8. The van der Waals surface area contributed by atoms with Crippen molar-refractivity contribution in [2.45, 2.75) is 5.41 Å². The Labute approximate surface area is 316 Å². The van der Waals surface area contributed by atoms with Gasteiger partial charge in [-0.05, 0) is 92.0 Å². The Morgan fingerprint density at radius 1 is 0.382 bits per heavy atom. The number of hydrogen-bond donors (Lipinski definition) is 0. The average Bonchev–Trinajstić information content (AvgIpc) is 3.97. The van der Waals surface area contributed by atoms with Gasteiger partial charge in [0.2, 0.25) is 5.95 Å². The van der Waals surface area contributed by atoms with Crippen molar-refractivity contribution in [3.05, 3.63) is 204 Å². The van der Waals surface area contributed by atoms with Gasteiger partial charge < -0.3 is 0 Å². The van der Waals surface area contributed by atoms with Crippen LogP contribution < -0.4 is 0 Å². The highest BCUT2D eigenvalue weighted by atomic mass is 15.2. The molecule has 4 nitrogen and oxygen atoms in total. The largest absolute Gasteiger partial charge is 0.279 e. The van der Waals surface area contributed by atoms with E-state index in [1.807, 2.05) is 0 Å². The van der Waals surface area contributed by atoms with E-state index >= 15 is 0 Å². The van der Waals surface area contributed by atoms with Crippen molar-refractivity contribution in [3.8, 4) is 39.3 Å². The maximum absolute atomic E-state index is 5.44. The Hall–Kier alpha value is -7.30. The molecule has 55 heavy (non-hydrogen) atoms. The fourth-order valence-electron chi connectivity index (χ4n) is 10.2. The van der Waals surface area contributed by atoms with E-state index in [2.05, 4.69) is 191 Å². The number of hydrogen-bond acceptors (Lipinski definition) is 2. The van der Waals surface area contributed by atoms with E-state index in [1.54, 1.807) is 0 Å². The van der Waals surface area contributed by atoms with E-state index < -0.39 is 5.41 Å². The Morgan fingerprint density at radius 2 is 0.945 bits per heavy atom. The second kappa shape index (κ2) is 10.4. The molecule has 0 bridgehead atoms. The van der Waals surface area contributed by atoms with E-state index in [9.17, 15) is 0 Å². The predicted molar refractivity (Wildman–Crippen MR) is 224 cm³/mol. The van der Waals surface area contributed by atoms with Crippen LogP contribution in [0.25, 0.3) is 88.7 Å². The van der Waals surface area contributed by atoms with Gasteiger partial charge in [0, 0.05) is 16.2 Å². The second-order valence-electron chi connectivity index (χ2n) is 14.9. The van der Waals surface area contributed by atoms with Crippen molar-refractivity contribution in [2.75, 3.05) is 0 Å². The predicted octanol–water partition coefficient (Wildman–Crippen LogP) is 12.1. The van der Waals surface area contributed by atoms with Gasteiger partial charge >= 0.3 is 0 Å². The molecule has 0 saturated heterocycles. The summed E-state index contributed by atoms with van der Waals surface area (Å²) in [6.45, 7) is 0. The standard InChI is InChI=1S/C51H30N4/c1-6-20-39-33(14-1)34-15-2-7-21-40(34)51(39)41-22-8-3-17-37(41)48-32(19-13-23-42(48)51)31-28-29-36-35-16-5-11-26-45(35)54(47(36)30-31)50-53-43-24-9-4-18-38(43)49-52-44-25-10-12-27-46(44)55(49)50/h1-30H. The van der Waals surface area contributed by atoms with Gasteiger partial charge in [-0.15, -0.1) is 0 Å². The van der Waals surface area contributed by atoms with Crippen LogP contribution in [-0.2, 0) is 5.41 Å². The van der Waals surface area contributed by atoms with Crippen LogP contribution in [0.4, 0.5) is 0 Å². The quantitative estimate of drug-likeness (QED) is 0.180. The summed E-state index contributed by atoms with van der Waals surface area (Å²) in [7, 11) is 0. The number of para-hydroxylation sites is 4. The second-order valence-corrected chi connectivity index (χ2v) is 14.9. The molecule has 0 radical (unpaired) electrons. The first-order chi connectivity index (χ1) is 27.3. The molecule has 1 spiro atoms. The number of benzene rings is 8. The number of imidazole rings is 1. The van der Waals surface area contributed by atoms with Crippen LogP contribution in [0, 0.1) is 0 Å². The highest BCUT2D eigenvalue weighted by molar-refractivity contribution is 6.11. The highest BCUT2D eigenvalue weighted by Gasteiger charge is 2.51. The number of fused-ring (bicyclic) bond motifs is 18. The maximum atomic E-state index is 5.44. The van der Waals surface area contributed by atoms with Gasteiger partial charge in [-0.25, -0.2) is 9.97 Å². The molecule has 0 atom stereocenters. The monoisotopic (exact) mass is 698 g/mol. The summed E-state index contributed by atoms with van der Waals surface area (Å²) < 4.78 is 4.59. The molecule has 0 unspecified atom stereocenters. The minimum Gasteiger partial charge on any atom is -0.279 e. The van der Waals surface area contributed by atoms with Crippen molar-refractivity contribution < 1.29 is 0 Å². The van der Waals surface area contributed by atoms with Crippen LogP contribution in [-0.4, -0.2) is 18.9 Å². The van der Waals surface area contributed by atoms with Crippen molar-refractivity contribution >= 4 is 49.4 Å². The van der Waals surface area contributed by atoms with Gasteiger partial charge in [0.05, 0.1) is 33.0 Å². The fraction of sp³-hybridized carbons (Fsp3) is 0.0196. The third-order valence-electron chi connectivity index (χ3n) is 12.3. The zero-order valence-electron chi connectivity index (χ0n) is 29.6. The molecule has 0 amide bonds. The fourth-order valence-corrected chi connectivity index (χ4v) is 10.2. The Kier molecular flexibility index (Phi) is 5.54. The molecule has 3 heterocycles. The molecule has 11 aromatic rings. The molecule has 0 fully saturated rings. The summed E-state index contributed by atoms with van der Waals surface area (Å²) in [4.78, 5) is 10.6. The Balaban J connectivity index is 1.13. The third-order valence-corrected chi connectivity index (χ3v) is 12.3. The highest BCUT2D eigenvalue weighted by Crippen LogP contribution is 2.64. The summed E-state index contributed by atoms with van der Waals surface area (Å²) in [5.41, 5.74) is 18.7. The number of rotatable bonds is 2. The van der Waals surface area contributed by atoms with Gasteiger partial charge in [0.25, 0.3) is 0 Å². The number of aromatic nitrogens is 4. The molecule has 2 aliphatic carbocycles. The summed E-state index contributed by atoms with van der Waals surface area (Å²) in [5.74, 6) is 0.826. The minimum atomic E-state index is -0.392. The van der Waals surface area contributed by atoms with Gasteiger partial charge in [-0.3, -0.25) is 8.97 Å². The molecule has 8 aromatic carbocycles. The third kappa shape index (κ3) is 3.57. The van der Waals surface area contributed by atoms with Gasteiger partial charge in [0.1, 0.15) is 5.65 Å². The SMILES string of the molecule is c1ccc2c(c1)-c1ccccc1C21c2ccccc2-c2c(-c3ccc4c5ccccc5n(-c5nc6ccccc6c6nc7ccccc7n56)c4c3)cccc21. The molecule has 254 valence electrons. The number of nitrogens with zero attached hydrogens (tertiary/aromatic N) is 4. The summed E-state index contributed by atoms with van der Waals surface area (Å²) >= 11 is 0. The average molecular weight is 699 g/mol. The van der Waals surface area contributed by atoms with E-state index in [4.69, 9.17) is 9.97 Å². The van der Waals surface area contributed by atoms with E-state index in [1.165, 1.54) is 66.4 Å². The van der Waals surface area contributed by atoms with Crippen LogP contribution in [0.1, 0.15) is 22.3 Å². The van der Waals surface area contributed by atoms with Crippen LogP contribution in [0.15, 0.2) is 182 Å². The molecule has 2 aliphatic rings. The Morgan fingerprint density at radius 3 is 1.73 bits per heavy atom. The molecule has 0 N–H and O–H groups in total. The lowest BCUT2D eigenvalue weighted by Gasteiger charge is -2.30. The van der Waals surface area contributed by atoms with Crippen molar-refractivity contribution in [1.29, 1.82) is 0 Å². The first-order valence-corrected chi connectivity index (χ1v) is 18.9. The lowest BCUT2D eigenvalue weighted by Crippen LogP contribution is -2.25. The molecule has 4 heteroatoms. The van der Waals surface area contributed by atoms with E-state index in [-0.39, 0.29) is 0 Å².